The van der Waals surface area contributed by atoms with Crippen molar-refractivity contribution in [2.75, 3.05) is 6.54 Å². The van der Waals surface area contributed by atoms with E-state index in [-0.39, 0.29) is 0 Å². The molecule has 0 radical (unpaired) electrons. The molecule has 1 aliphatic carbocycles. The number of hydrogen-bond acceptors (Lipinski definition) is 2. The van der Waals surface area contributed by atoms with E-state index in [2.05, 4.69) is 4.90 Å². The van der Waals surface area contributed by atoms with Crippen molar-refractivity contribution in [2.24, 2.45) is 5.92 Å². The molecule has 2 atom stereocenters. The van der Waals surface area contributed by atoms with E-state index in [4.69, 9.17) is 5.11 Å². The summed E-state index contributed by atoms with van der Waals surface area (Å²) in [6.07, 6.45) is 4.02. The van der Waals surface area contributed by atoms with Gasteiger partial charge < -0.3 is 5.11 Å². The van der Waals surface area contributed by atoms with E-state index < -0.39 is 5.97 Å². The molecule has 0 bridgehead atoms. The van der Waals surface area contributed by atoms with Gasteiger partial charge in [0.2, 0.25) is 0 Å². The van der Waals surface area contributed by atoms with Gasteiger partial charge in [-0.1, -0.05) is 12.1 Å². The Balaban J connectivity index is 1.72. The Morgan fingerprint density at radius 3 is 3.18 bits per heavy atom. The third kappa shape index (κ3) is 2.20. The number of likely N-dealkylation sites (tertiary alicyclic amines) is 1. The summed E-state index contributed by atoms with van der Waals surface area (Å²) in [5.41, 5.74) is 1.52. The Kier molecular flexibility index (Phi) is 2.63. The average Bonchev–Trinajstić information content (AvgIpc) is 3.09. The number of aromatic carboxylic acids is 1. The minimum Gasteiger partial charge on any atom is -0.478 e. The Bertz CT molecular complexity index is 444. The summed E-state index contributed by atoms with van der Waals surface area (Å²) < 4.78 is 0. The van der Waals surface area contributed by atoms with Gasteiger partial charge in [0.15, 0.2) is 0 Å². The highest BCUT2D eigenvalue weighted by molar-refractivity contribution is 5.87. The molecule has 2 aliphatic rings. The van der Waals surface area contributed by atoms with Crippen LogP contribution in [0.1, 0.15) is 35.2 Å². The van der Waals surface area contributed by atoms with Crippen LogP contribution in [0.5, 0.6) is 0 Å². The summed E-state index contributed by atoms with van der Waals surface area (Å²) in [7, 11) is 0. The predicted molar refractivity (Wildman–Crippen MR) is 64.9 cm³/mol. The maximum absolute atomic E-state index is 10.9. The predicted octanol–water partition coefficient (Wildman–Crippen LogP) is 2.37. The molecule has 0 spiro atoms. The zero-order valence-electron chi connectivity index (χ0n) is 9.80. The van der Waals surface area contributed by atoms with Gasteiger partial charge in [0, 0.05) is 12.6 Å². The Hall–Kier alpha value is -1.35. The van der Waals surface area contributed by atoms with E-state index in [1.165, 1.54) is 25.8 Å². The Labute approximate surface area is 101 Å². The minimum absolute atomic E-state index is 0.395. The Morgan fingerprint density at radius 2 is 2.35 bits per heavy atom. The van der Waals surface area contributed by atoms with Crippen LogP contribution in [-0.2, 0) is 6.54 Å². The monoisotopic (exact) mass is 231 g/mol. The molecule has 1 saturated heterocycles. The maximum Gasteiger partial charge on any atom is 0.335 e. The number of hydrogen-bond donors (Lipinski definition) is 1. The number of carboxylic acid groups (broad SMARTS) is 1. The molecule has 1 aromatic rings. The first-order valence-corrected chi connectivity index (χ1v) is 6.30. The largest absolute Gasteiger partial charge is 0.478 e. The maximum atomic E-state index is 10.9. The van der Waals surface area contributed by atoms with Gasteiger partial charge >= 0.3 is 5.97 Å². The second-order valence-corrected chi connectivity index (χ2v) is 5.18. The molecule has 1 N–H and O–H groups in total. The molecular formula is C14H17NO2. The molecule has 17 heavy (non-hydrogen) atoms. The standard InChI is InChI=1S/C14H17NO2/c16-14(17)12-4-1-3-10(7-12)9-15-6-2-5-11-8-13(11)15/h1,3-4,7,11,13H,2,5-6,8-9H2,(H,16,17). The number of carbonyl (C=O) groups is 1. The van der Waals surface area contributed by atoms with Crippen LogP contribution in [0.4, 0.5) is 0 Å². The van der Waals surface area contributed by atoms with Crippen molar-refractivity contribution in [3.05, 3.63) is 35.4 Å². The SMILES string of the molecule is O=C(O)c1cccc(CN2CCCC3CC32)c1. The van der Waals surface area contributed by atoms with E-state index in [0.717, 1.165) is 24.1 Å². The van der Waals surface area contributed by atoms with Crippen molar-refractivity contribution in [3.8, 4) is 0 Å². The zero-order valence-corrected chi connectivity index (χ0v) is 9.80. The van der Waals surface area contributed by atoms with E-state index in [1.807, 2.05) is 12.1 Å². The number of carboxylic acids is 1. The summed E-state index contributed by atoms with van der Waals surface area (Å²) in [6.45, 7) is 2.07. The second-order valence-electron chi connectivity index (χ2n) is 5.18. The molecule has 1 heterocycles. The quantitative estimate of drug-likeness (QED) is 0.868. The molecule has 2 unspecified atom stereocenters. The summed E-state index contributed by atoms with van der Waals surface area (Å²) >= 11 is 0. The van der Waals surface area contributed by atoms with Gasteiger partial charge in [-0.3, -0.25) is 4.90 Å². The van der Waals surface area contributed by atoms with Crippen LogP contribution in [0.2, 0.25) is 0 Å². The summed E-state index contributed by atoms with van der Waals surface area (Å²) in [6, 6.07) is 8.10. The number of benzene rings is 1. The second kappa shape index (κ2) is 4.15. The number of rotatable bonds is 3. The van der Waals surface area contributed by atoms with Gasteiger partial charge in [0.1, 0.15) is 0 Å². The number of piperidine rings is 1. The lowest BCUT2D eigenvalue weighted by molar-refractivity contribution is 0.0696. The fourth-order valence-electron chi connectivity index (χ4n) is 2.94. The van der Waals surface area contributed by atoms with Gasteiger partial charge in [-0.15, -0.1) is 0 Å². The molecule has 1 aliphatic heterocycles. The zero-order chi connectivity index (χ0) is 11.8. The van der Waals surface area contributed by atoms with Crippen LogP contribution >= 0.6 is 0 Å². The highest BCUT2D eigenvalue weighted by Gasteiger charge is 2.43. The van der Waals surface area contributed by atoms with E-state index in [9.17, 15) is 4.79 Å². The molecule has 0 amide bonds. The third-order valence-electron chi connectivity index (χ3n) is 3.93. The van der Waals surface area contributed by atoms with E-state index >= 15 is 0 Å². The molecule has 2 fully saturated rings. The van der Waals surface area contributed by atoms with Gasteiger partial charge in [0.05, 0.1) is 5.56 Å². The lowest BCUT2D eigenvalue weighted by Gasteiger charge is -2.26. The van der Waals surface area contributed by atoms with Gasteiger partial charge in [-0.25, -0.2) is 4.79 Å². The molecule has 3 heteroatoms. The van der Waals surface area contributed by atoms with Crippen LogP contribution in [0.15, 0.2) is 24.3 Å². The molecule has 3 rings (SSSR count). The fourth-order valence-corrected chi connectivity index (χ4v) is 2.94. The highest BCUT2D eigenvalue weighted by Crippen LogP contribution is 2.43. The van der Waals surface area contributed by atoms with Crippen LogP contribution < -0.4 is 0 Å². The topological polar surface area (TPSA) is 40.5 Å². The normalized spacial score (nSPS) is 27.5. The summed E-state index contributed by atoms with van der Waals surface area (Å²) in [5.74, 6) is 0.0844. The Morgan fingerprint density at radius 1 is 1.47 bits per heavy atom. The van der Waals surface area contributed by atoms with Crippen molar-refractivity contribution >= 4 is 5.97 Å². The first kappa shape index (κ1) is 10.8. The van der Waals surface area contributed by atoms with Gasteiger partial charge in [-0.2, -0.15) is 0 Å². The van der Waals surface area contributed by atoms with Crippen molar-refractivity contribution < 1.29 is 9.90 Å². The third-order valence-corrected chi connectivity index (χ3v) is 3.93. The van der Waals surface area contributed by atoms with Crippen LogP contribution in [0.25, 0.3) is 0 Å². The lowest BCUT2D eigenvalue weighted by atomic mass is 10.1. The van der Waals surface area contributed by atoms with Crippen LogP contribution in [0, 0.1) is 5.92 Å². The molecular weight excluding hydrogens is 214 g/mol. The smallest absolute Gasteiger partial charge is 0.335 e. The van der Waals surface area contributed by atoms with Crippen molar-refractivity contribution in [3.63, 3.8) is 0 Å². The first-order chi connectivity index (χ1) is 8.24. The first-order valence-electron chi connectivity index (χ1n) is 6.30. The summed E-state index contributed by atoms with van der Waals surface area (Å²) in [5, 5.41) is 8.96. The summed E-state index contributed by atoms with van der Waals surface area (Å²) in [4.78, 5) is 13.4. The van der Waals surface area contributed by atoms with Gasteiger partial charge in [0.25, 0.3) is 0 Å². The molecule has 1 saturated carbocycles. The van der Waals surface area contributed by atoms with Crippen LogP contribution in [0.3, 0.4) is 0 Å². The van der Waals surface area contributed by atoms with E-state index in [1.54, 1.807) is 12.1 Å². The van der Waals surface area contributed by atoms with Crippen LogP contribution in [-0.4, -0.2) is 28.6 Å². The minimum atomic E-state index is -0.838. The molecule has 1 aromatic carbocycles. The molecule has 3 nitrogen and oxygen atoms in total. The molecule has 0 aromatic heterocycles. The van der Waals surface area contributed by atoms with Crippen molar-refractivity contribution in [1.29, 1.82) is 0 Å². The number of nitrogens with zero attached hydrogens (tertiary/aromatic N) is 1. The van der Waals surface area contributed by atoms with E-state index in [0.29, 0.717) is 5.56 Å². The lowest BCUT2D eigenvalue weighted by Crippen LogP contribution is -2.31. The van der Waals surface area contributed by atoms with Crippen molar-refractivity contribution in [2.45, 2.75) is 31.8 Å². The molecule has 90 valence electrons. The number of fused-ring (bicyclic) bond motifs is 1. The fraction of sp³-hybridized carbons (Fsp3) is 0.500. The highest BCUT2D eigenvalue weighted by atomic mass is 16.4. The van der Waals surface area contributed by atoms with Gasteiger partial charge in [-0.05, 0) is 49.4 Å². The average molecular weight is 231 g/mol. The van der Waals surface area contributed by atoms with Crippen molar-refractivity contribution in [1.82, 2.24) is 4.90 Å².